The van der Waals surface area contributed by atoms with E-state index >= 15 is 0 Å². The first-order valence-corrected chi connectivity index (χ1v) is 7.84. The Morgan fingerprint density at radius 1 is 1.07 bits per heavy atom. The molecule has 2 rings (SSSR count). The van der Waals surface area contributed by atoms with E-state index in [0.717, 1.165) is 12.1 Å². The van der Waals surface area contributed by atoms with Gasteiger partial charge in [-0.3, -0.25) is 24.5 Å². The second kappa shape index (κ2) is 9.18. The molecule has 9 heteroatoms. The van der Waals surface area contributed by atoms with Crippen LogP contribution in [-0.4, -0.2) is 29.2 Å². The predicted molar refractivity (Wildman–Crippen MR) is 92.6 cm³/mol. The summed E-state index contributed by atoms with van der Waals surface area (Å²) < 4.78 is 17.6. The number of amides is 1. The fourth-order valence-corrected chi connectivity index (χ4v) is 2.11. The van der Waals surface area contributed by atoms with Gasteiger partial charge in [0.15, 0.2) is 12.4 Å². The molecule has 0 aliphatic heterocycles. The topological polar surface area (TPSA) is 116 Å². The standard InChI is InChI=1S/C18H15FN2O6/c19-13-6-4-12(5-7-13)16(22)8-9-18(24)27-11-17(23)20-14-2-1-3-15(10-14)21(25)26/h1-7,10H,8-9,11H2,(H,20,23). The summed E-state index contributed by atoms with van der Waals surface area (Å²) in [5, 5.41) is 13.0. The van der Waals surface area contributed by atoms with Crippen LogP contribution in [0.25, 0.3) is 0 Å². The maximum atomic E-state index is 12.8. The predicted octanol–water partition coefficient (Wildman–Crippen LogP) is 2.88. The first-order valence-electron chi connectivity index (χ1n) is 7.84. The molecule has 0 bridgehead atoms. The van der Waals surface area contributed by atoms with Gasteiger partial charge in [-0.05, 0) is 30.3 Å². The van der Waals surface area contributed by atoms with Gasteiger partial charge in [0.25, 0.3) is 11.6 Å². The first kappa shape index (κ1) is 19.7. The number of ketones is 1. The number of halogens is 1. The molecule has 0 radical (unpaired) electrons. The van der Waals surface area contributed by atoms with E-state index < -0.39 is 29.2 Å². The number of non-ortho nitro benzene ring substituents is 1. The van der Waals surface area contributed by atoms with Crippen LogP contribution in [0.3, 0.4) is 0 Å². The Labute approximate surface area is 153 Å². The zero-order chi connectivity index (χ0) is 19.8. The van der Waals surface area contributed by atoms with Crippen LogP contribution in [-0.2, 0) is 14.3 Å². The van der Waals surface area contributed by atoms with Crippen molar-refractivity contribution in [1.29, 1.82) is 0 Å². The average molecular weight is 374 g/mol. The van der Waals surface area contributed by atoms with Crippen LogP contribution in [0.5, 0.6) is 0 Å². The lowest BCUT2D eigenvalue weighted by molar-refractivity contribution is -0.384. The van der Waals surface area contributed by atoms with Gasteiger partial charge < -0.3 is 10.1 Å². The van der Waals surface area contributed by atoms with Crippen LogP contribution >= 0.6 is 0 Å². The molecule has 0 aliphatic carbocycles. The monoisotopic (exact) mass is 374 g/mol. The highest BCUT2D eigenvalue weighted by Crippen LogP contribution is 2.16. The van der Waals surface area contributed by atoms with Crippen LogP contribution in [0, 0.1) is 15.9 Å². The van der Waals surface area contributed by atoms with Crippen LogP contribution < -0.4 is 5.32 Å². The van der Waals surface area contributed by atoms with Crippen molar-refractivity contribution < 1.29 is 28.4 Å². The number of nitrogens with zero attached hydrogens (tertiary/aromatic N) is 1. The van der Waals surface area contributed by atoms with Gasteiger partial charge >= 0.3 is 5.97 Å². The van der Waals surface area contributed by atoms with E-state index in [-0.39, 0.29) is 35.6 Å². The Bertz CT molecular complexity index is 866. The van der Waals surface area contributed by atoms with Gasteiger partial charge in [-0.25, -0.2) is 4.39 Å². The largest absolute Gasteiger partial charge is 0.456 e. The number of ether oxygens (including phenoxy) is 1. The van der Waals surface area contributed by atoms with Crippen molar-refractivity contribution in [1.82, 2.24) is 0 Å². The summed E-state index contributed by atoms with van der Waals surface area (Å²) in [5.41, 5.74) is 0.272. The minimum absolute atomic E-state index is 0.142. The minimum atomic E-state index is -0.750. The van der Waals surface area contributed by atoms with Gasteiger partial charge in [-0.15, -0.1) is 0 Å². The third kappa shape index (κ3) is 6.31. The molecule has 0 aliphatic rings. The lowest BCUT2D eigenvalue weighted by Gasteiger charge is -2.06. The van der Waals surface area contributed by atoms with Gasteiger partial charge in [-0.1, -0.05) is 6.07 Å². The van der Waals surface area contributed by atoms with E-state index in [4.69, 9.17) is 4.74 Å². The summed E-state index contributed by atoms with van der Waals surface area (Å²) >= 11 is 0. The summed E-state index contributed by atoms with van der Waals surface area (Å²) in [6.07, 6.45) is -0.378. The zero-order valence-corrected chi connectivity index (χ0v) is 14.0. The Hall–Kier alpha value is -3.62. The van der Waals surface area contributed by atoms with Crippen LogP contribution in [0.1, 0.15) is 23.2 Å². The summed E-state index contributed by atoms with van der Waals surface area (Å²) in [7, 11) is 0. The number of anilines is 1. The van der Waals surface area contributed by atoms with E-state index in [9.17, 15) is 28.9 Å². The van der Waals surface area contributed by atoms with Gasteiger partial charge in [0.1, 0.15) is 5.82 Å². The Morgan fingerprint density at radius 3 is 2.44 bits per heavy atom. The smallest absolute Gasteiger partial charge is 0.306 e. The van der Waals surface area contributed by atoms with Crippen molar-refractivity contribution in [2.24, 2.45) is 0 Å². The average Bonchev–Trinajstić information content (AvgIpc) is 2.65. The van der Waals surface area contributed by atoms with E-state index in [2.05, 4.69) is 5.32 Å². The highest BCUT2D eigenvalue weighted by molar-refractivity contribution is 5.98. The Balaban J connectivity index is 1.75. The molecule has 0 unspecified atom stereocenters. The fourth-order valence-electron chi connectivity index (χ4n) is 2.11. The molecule has 140 valence electrons. The van der Waals surface area contributed by atoms with Gasteiger partial charge in [-0.2, -0.15) is 0 Å². The van der Waals surface area contributed by atoms with E-state index in [1.807, 2.05) is 0 Å². The number of carbonyl (C=O) groups is 3. The molecule has 0 atom stereocenters. The maximum absolute atomic E-state index is 12.8. The van der Waals surface area contributed by atoms with Crippen molar-refractivity contribution in [2.75, 3.05) is 11.9 Å². The number of hydrogen-bond acceptors (Lipinski definition) is 6. The third-order valence-electron chi connectivity index (χ3n) is 3.43. The normalized spacial score (nSPS) is 10.1. The lowest BCUT2D eigenvalue weighted by atomic mass is 10.1. The number of rotatable bonds is 8. The van der Waals surface area contributed by atoms with Gasteiger partial charge in [0.2, 0.25) is 0 Å². The zero-order valence-electron chi connectivity index (χ0n) is 14.0. The molecule has 27 heavy (non-hydrogen) atoms. The fraction of sp³-hybridized carbons (Fsp3) is 0.167. The molecule has 0 heterocycles. The van der Waals surface area contributed by atoms with Crippen molar-refractivity contribution >= 4 is 29.0 Å². The van der Waals surface area contributed by atoms with Crippen molar-refractivity contribution in [3.8, 4) is 0 Å². The van der Waals surface area contributed by atoms with Crippen molar-refractivity contribution in [3.05, 3.63) is 70.0 Å². The molecule has 1 amide bonds. The molecule has 0 saturated carbocycles. The molecule has 0 aromatic heterocycles. The SMILES string of the molecule is O=C(COC(=O)CCC(=O)c1ccc(F)cc1)Nc1cccc([N+](=O)[O-])c1. The third-order valence-corrected chi connectivity index (χ3v) is 3.43. The number of Topliss-reactive ketones (excluding diaryl/α,β-unsaturated/α-hetero) is 1. The number of nitro groups is 1. The highest BCUT2D eigenvalue weighted by Gasteiger charge is 2.13. The molecule has 0 fully saturated rings. The Morgan fingerprint density at radius 2 is 1.78 bits per heavy atom. The summed E-state index contributed by atoms with van der Waals surface area (Å²) in [6, 6.07) is 10.2. The van der Waals surface area contributed by atoms with E-state index in [0.29, 0.717) is 0 Å². The van der Waals surface area contributed by atoms with E-state index in [1.54, 1.807) is 0 Å². The lowest BCUT2D eigenvalue weighted by Crippen LogP contribution is -2.21. The second-order valence-electron chi connectivity index (χ2n) is 5.45. The summed E-state index contributed by atoms with van der Waals surface area (Å²) in [6.45, 7) is -0.591. The van der Waals surface area contributed by atoms with Crippen LogP contribution in [0.2, 0.25) is 0 Å². The molecule has 1 N–H and O–H groups in total. The number of esters is 1. The minimum Gasteiger partial charge on any atom is -0.456 e. The number of nitrogens with one attached hydrogen (secondary N) is 1. The molecule has 2 aromatic carbocycles. The molecule has 0 saturated heterocycles. The first-order chi connectivity index (χ1) is 12.8. The van der Waals surface area contributed by atoms with Crippen LogP contribution in [0.15, 0.2) is 48.5 Å². The summed E-state index contributed by atoms with van der Waals surface area (Å²) in [4.78, 5) is 45.3. The second-order valence-corrected chi connectivity index (χ2v) is 5.45. The number of carbonyl (C=O) groups excluding carboxylic acids is 3. The maximum Gasteiger partial charge on any atom is 0.306 e. The molecular weight excluding hydrogens is 359 g/mol. The molecule has 2 aromatic rings. The van der Waals surface area contributed by atoms with Gasteiger partial charge in [0.05, 0.1) is 11.3 Å². The summed E-state index contributed by atoms with van der Waals surface area (Å²) in [5.74, 6) is -2.25. The Kier molecular flexibility index (Phi) is 6.70. The molecule has 0 spiro atoms. The van der Waals surface area contributed by atoms with Gasteiger partial charge in [0, 0.05) is 29.8 Å². The van der Waals surface area contributed by atoms with Crippen LogP contribution in [0.4, 0.5) is 15.8 Å². The number of hydrogen-bond donors (Lipinski definition) is 1. The van der Waals surface area contributed by atoms with Crippen molar-refractivity contribution in [3.63, 3.8) is 0 Å². The number of benzene rings is 2. The highest BCUT2D eigenvalue weighted by atomic mass is 19.1. The quantitative estimate of drug-likeness (QED) is 0.329. The van der Waals surface area contributed by atoms with Crippen molar-refractivity contribution in [2.45, 2.75) is 12.8 Å². The molecule has 8 nitrogen and oxygen atoms in total. The molecular formula is C18H15FN2O6. The number of nitro benzene ring substituents is 1. The van der Waals surface area contributed by atoms with E-state index in [1.165, 1.54) is 36.4 Å².